The van der Waals surface area contributed by atoms with E-state index in [1.165, 1.54) is 5.56 Å². The van der Waals surface area contributed by atoms with Crippen molar-refractivity contribution >= 4 is 17.6 Å². The number of aryl methyl sites for hydroxylation is 1. The van der Waals surface area contributed by atoms with Crippen LogP contribution in [0.25, 0.3) is 0 Å². The summed E-state index contributed by atoms with van der Waals surface area (Å²) in [4.78, 5) is 12.8. The average Bonchev–Trinajstić information content (AvgIpc) is 2.63. The van der Waals surface area contributed by atoms with Gasteiger partial charge in [-0.05, 0) is 48.9 Å². The Morgan fingerprint density at radius 3 is 2.56 bits per heavy atom. The van der Waals surface area contributed by atoms with Crippen molar-refractivity contribution in [3.63, 3.8) is 0 Å². The number of halogens is 1. The summed E-state index contributed by atoms with van der Waals surface area (Å²) in [5, 5.41) is 9.70. The molecule has 1 atom stereocenters. The summed E-state index contributed by atoms with van der Waals surface area (Å²) < 4.78 is 0. The first-order valence-corrected chi connectivity index (χ1v) is 9.32. The predicted octanol–water partition coefficient (Wildman–Crippen LogP) is 4.96. The standard InChI is InChI=1S/C23H24ClNO2/c1-3-8-18-13-15-19(16-14-18)9-4-7-12-22(25(2)17-23(26)27)20-10-5-6-11-21(20)24/h5-7,10-16,22H,3,8,17H2,1-2H3,(H,26,27)/b12-7+. The third-order valence-corrected chi connectivity index (χ3v) is 4.50. The van der Waals surface area contributed by atoms with Crippen molar-refractivity contribution in [3.05, 3.63) is 82.4 Å². The lowest BCUT2D eigenvalue weighted by atomic mass is 10.0. The molecule has 0 fully saturated rings. The lowest BCUT2D eigenvalue weighted by molar-refractivity contribution is -0.138. The van der Waals surface area contributed by atoms with Crippen molar-refractivity contribution in [2.45, 2.75) is 25.8 Å². The maximum atomic E-state index is 11.1. The fourth-order valence-corrected chi connectivity index (χ4v) is 3.07. The molecule has 0 aliphatic heterocycles. The second-order valence-electron chi connectivity index (χ2n) is 6.35. The second kappa shape index (κ2) is 10.6. The van der Waals surface area contributed by atoms with Gasteiger partial charge in [0.15, 0.2) is 0 Å². The minimum Gasteiger partial charge on any atom is -0.480 e. The molecule has 4 heteroatoms. The summed E-state index contributed by atoms with van der Waals surface area (Å²) >= 11 is 6.30. The molecule has 0 heterocycles. The molecule has 1 unspecified atom stereocenters. The molecule has 1 N–H and O–H groups in total. The van der Waals surface area contributed by atoms with Crippen molar-refractivity contribution in [1.82, 2.24) is 4.90 Å². The molecule has 2 aromatic rings. The molecule has 140 valence electrons. The Labute approximate surface area is 166 Å². The van der Waals surface area contributed by atoms with Gasteiger partial charge in [0.25, 0.3) is 0 Å². The number of hydrogen-bond donors (Lipinski definition) is 1. The smallest absolute Gasteiger partial charge is 0.317 e. The second-order valence-corrected chi connectivity index (χ2v) is 6.76. The molecule has 0 amide bonds. The van der Waals surface area contributed by atoms with Crippen LogP contribution in [0.15, 0.2) is 60.7 Å². The zero-order valence-corrected chi connectivity index (χ0v) is 16.4. The van der Waals surface area contributed by atoms with Crippen molar-refractivity contribution in [3.8, 4) is 11.8 Å². The van der Waals surface area contributed by atoms with Crippen molar-refractivity contribution < 1.29 is 9.90 Å². The van der Waals surface area contributed by atoms with E-state index in [2.05, 4.69) is 30.9 Å². The highest BCUT2D eigenvalue weighted by atomic mass is 35.5. The number of carbonyl (C=O) groups is 1. The third kappa shape index (κ3) is 6.60. The lowest BCUT2D eigenvalue weighted by Crippen LogP contribution is -2.29. The summed E-state index contributed by atoms with van der Waals surface area (Å²) in [6, 6.07) is 15.4. The summed E-state index contributed by atoms with van der Waals surface area (Å²) in [5.41, 5.74) is 3.12. The molecule has 0 aliphatic carbocycles. The molecule has 0 radical (unpaired) electrons. The molecular formula is C23H24ClNO2. The van der Waals surface area contributed by atoms with Gasteiger partial charge in [0.1, 0.15) is 0 Å². The van der Waals surface area contributed by atoms with E-state index >= 15 is 0 Å². The highest BCUT2D eigenvalue weighted by molar-refractivity contribution is 6.31. The third-order valence-electron chi connectivity index (χ3n) is 4.15. The normalized spacial score (nSPS) is 12.0. The molecule has 2 rings (SSSR count). The molecular weight excluding hydrogens is 358 g/mol. The van der Waals surface area contributed by atoms with E-state index in [0.717, 1.165) is 24.0 Å². The van der Waals surface area contributed by atoms with Crippen LogP contribution < -0.4 is 0 Å². The number of benzene rings is 2. The van der Waals surface area contributed by atoms with E-state index in [1.54, 1.807) is 24.1 Å². The Kier molecular flexibility index (Phi) is 8.13. The van der Waals surface area contributed by atoms with E-state index in [0.29, 0.717) is 5.02 Å². The summed E-state index contributed by atoms with van der Waals surface area (Å²) in [6.45, 7) is 2.07. The number of carboxylic acid groups (broad SMARTS) is 1. The van der Waals surface area contributed by atoms with Gasteiger partial charge in [-0.25, -0.2) is 0 Å². The first kappa shape index (κ1) is 20.8. The first-order valence-electron chi connectivity index (χ1n) is 8.95. The van der Waals surface area contributed by atoms with Crippen LogP contribution in [-0.4, -0.2) is 29.6 Å². The number of aliphatic carboxylic acids is 1. The van der Waals surface area contributed by atoms with Crippen LogP contribution >= 0.6 is 11.6 Å². The highest BCUT2D eigenvalue weighted by Crippen LogP contribution is 2.27. The SMILES string of the molecule is CCCc1ccc(C#C/C=C/C(c2ccccc2Cl)N(C)CC(=O)O)cc1. The minimum absolute atomic E-state index is 0.0907. The van der Waals surface area contributed by atoms with Crippen LogP contribution in [-0.2, 0) is 11.2 Å². The zero-order chi connectivity index (χ0) is 19.6. The van der Waals surface area contributed by atoms with Crippen LogP contribution in [0.3, 0.4) is 0 Å². The van der Waals surface area contributed by atoms with Crippen molar-refractivity contribution in [1.29, 1.82) is 0 Å². The molecule has 0 aliphatic rings. The van der Waals surface area contributed by atoms with Crippen LogP contribution in [0.2, 0.25) is 5.02 Å². The molecule has 3 nitrogen and oxygen atoms in total. The molecule has 0 saturated carbocycles. The summed E-state index contributed by atoms with van der Waals surface area (Å²) in [7, 11) is 1.76. The molecule has 27 heavy (non-hydrogen) atoms. The summed E-state index contributed by atoms with van der Waals surface area (Å²) in [6.07, 6.45) is 5.83. The van der Waals surface area contributed by atoms with Gasteiger partial charge in [0.2, 0.25) is 0 Å². The van der Waals surface area contributed by atoms with Gasteiger partial charge in [-0.3, -0.25) is 9.69 Å². The molecule has 0 spiro atoms. The van der Waals surface area contributed by atoms with Gasteiger partial charge in [-0.15, -0.1) is 0 Å². The Balaban J connectivity index is 2.17. The fraction of sp³-hybridized carbons (Fsp3) is 0.261. The lowest BCUT2D eigenvalue weighted by Gasteiger charge is -2.24. The van der Waals surface area contributed by atoms with Crippen molar-refractivity contribution in [2.75, 3.05) is 13.6 Å². The fourth-order valence-electron chi connectivity index (χ4n) is 2.82. The highest BCUT2D eigenvalue weighted by Gasteiger charge is 2.18. The van der Waals surface area contributed by atoms with Gasteiger partial charge < -0.3 is 5.11 Å². The van der Waals surface area contributed by atoms with E-state index < -0.39 is 5.97 Å². The monoisotopic (exact) mass is 381 g/mol. The van der Waals surface area contributed by atoms with E-state index in [1.807, 2.05) is 36.4 Å². The number of carboxylic acids is 1. The Bertz CT molecular complexity index is 847. The predicted molar refractivity (Wildman–Crippen MR) is 111 cm³/mol. The van der Waals surface area contributed by atoms with Crippen molar-refractivity contribution in [2.24, 2.45) is 0 Å². The quantitative estimate of drug-likeness (QED) is 0.689. The van der Waals surface area contributed by atoms with Crippen LogP contribution in [0, 0.1) is 11.8 Å². The van der Waals surface area contributed by atoms with E-state index in [4.69, 9.17) is 16.7 Å². The molecule has 0 aromatic heterocycles. The maximum Gasteiger partial charge on any atom is 0.317 e. The first-order chi connectivity index (χ1) is 13.0. The number of rotatable bonds is 7. The van der Waals surface area contributed by atoms with E-state index in [9.17, 15) is 4.79 Å². The van der Waals surface area contributed by atoms with Gasteiger partial charge in [-0.1, -0.05) is 73.2 Å². The van der Waals surface area contributed by atoms with Gasteiger partial charge in [0, 0.05) is 10.6 Å². The largest absolute Gasteiger partial charge is 0.480 e. The number of likely N-dealkylation sites (N-methyl/N-ethyl adjacent to an activating group) is 1. The van der Waals surface area contributed by atoms with Gasteiger partial charge >= 0.3 is 5.97 Å². The Morgan fingerprint density at radius 2 is 1.93 bits per heavy atom. The van der Waals surface area contributed by atoms with Crippen LogP contribution in [0.1, 0.15) is 36.1 Å². The zero-order valence-electron chi connectivity index (χ0n) is 15.7. The average molecular weight is 382 g/mol. The number of hydrogen-bond acceptors (Lipinski definition) is 2. The molecule has 2 aromatic carbocycles. The number of nitrogens with zero attached hydrogens (tertiary/aromatic N) is 1. The summed E-state index contributed by atoms with van der Waals surface area (Å²) in [5.74, 6) is 5.26. The maximum absolute atomic E-state index is 11.1. The number of allylic oxidation sites excluding steroid dienone is 1. The van der Waals surface area contributed by atoms with Crippen LogP contribution in [0.4, 0.5) is 0 Å². The van der Waals surface area contributed by atoms with Gasteiger partial charge in [-0.2, -0.15) is 0 Å². The Morgan fingerprint density at radius 1 is 1.22 bits per heavy atom. The van der Waals surface area contributed by atoms with E-state index in [-0.39, 0.29) is 12.6 Å². The Hall–Kier alpha value is -2.54. The molecule has 0 saturated heterocycles. The van der Waals surface area contributed by atoms with Crippen LogP contribution in [0.5, 0.6) is 0 Å². The minimum atomic E-state index is -0.888. The van der Waals surface area contributed by atoms with Gasteiger partial charge in [0.05, 0.1) is 12.6 Å². The topological polar surface area (TPSA) is 40.5 Å². The molecule has 0 bridgehead atoms.